The number of aliphatic hydroxyl groups is 1. The highest BCUT2D eigenvalue weighted by Gasteiger charge is 2.33. The molecule has 9 heteroatoms. The molecule has 0 spiro atoms. The molecule has 104 valence electrons. The average Bonchev–Trinajstić information content (AvgIpc) is 2.41. The number of rotatable bonds is 6. The molecule has 1 aliphatic rings. The van der Waals surface area contributed by atoms with E-state index in [1.54, 1.807) is 0 Å². The van der Waals surface area contributed by atoms with E-state index in [2.05, 4.69) is 0 Å². The van der Waals surface area contributed by atoms with Crippen LogP contribution in [-0.4, -0.2) is 60.4 Å². The summed E-state index contributed by atoms with van der Waals surface area (Å²) in [4.78, 5) is 22.9. The minimum absolute atomic E-state index is 0.0126. The van der Waals surface area contributed by atoms with Crippen molar-refractivity contribution in [1.82, 2.24) is 4.90 Å². The lowest BCUT2D eigenvalue weighted by atomic mass is 10.1. The molecular weight excluding hydrogens is 269 g/mol. The van der Waals surface area contributed by atoms with Crippen LogP contribution in [0.1, 0.15) is 12.8 Å². The van der Waals surface area contributed by atoms with Gasteiger partial charge >= 0.3 is 16.2 Å². The topological polar surface area (TPSA) is 112 Å². The van der Waals surface area contributed by atoms with Gasteiger partial charge < -0.3 is 15.1 Å². The number of carboxylic acids is 1. The number of carbonyl (C=O) groups is 2. The molecule has 18 heavy (non-hydrogen) atoms. The van der Waals surface area contributed by atoms with Crippen molar-refractivity contribution < 1.29 is 32.1 Å². The lowest BCUT2D eigenvalue weighted by Gasteiger charge is -2.19. The highest BCUT2D eigenvalue weighted by Crippen LogP contribution is 2.20. The van der Waals surface area contributed by atoms with Crippen LogP contribution >= 0.6 is 0 Å². The molecule has 2 N–H and O–H groups in total. The van der Waals surface area contributed by atoms with Crippen molar-refractivity contribution in [3.05, 3.63) is 0 Å². The Morgan fingerprint density at radius 2 is 2.17 bits per heavy atom. The van der Waals surface area contributed by atoms with E-state index in [9.17, 15) is 27.0 Å². The van der Waals surface area contributed by atoms with Gasteiger partial charge in [-0.1, -0.05) is 0 Å². The molecule has 0 saturated carbocycles. The van der Waals surface area contributed by atoms with Gasteiger partial charge in [-0.25, -0.2) is 0 Å². The third-order valence-corrected chi connectivity index (χ3v) is 3.44. The highest BCUT2D eigenvalue weighted by atomic mass is 32.3. The Hall–Kier alpha value is -1.22. The molecule has 1 fully saturated rings. The monoisotopic (exact) mass is 283 g/mol. The number of amides is 1. The van der Waals surface area contributed by atoms with Crippen molar-refractivity contribution in [2.24, 2.45) is 5.92 Å². The normalized spacial score (nSPS) is 22.2. The number of halogens is 1. The van der Waals surface area contributed by atoms with Gasteiger partial charge in [0.1, 0.15) is 0 Å². The molecule has 1 aliphatic heterocycles. The first-order chi connectivity index (χ1) is 8.17. The number of aliphatic carboxylic acids is 1. The standard InChI is InChI=1S/C9H14FNO6S/c10-18(16,17)5-6-1-8(13)11(3-6)4-7(12)2-9(14)15/h6-7,12H,1-5H2,(H,14,15). The van der Waals surface area contributed by atoms with E-state index in [0.717, 1.165) is 4.90 Å². The van der Waals surface area contributed by atoms with Gasteiger partial charge in [0.25, 0.3) is 0 Å². The number of nitrogens with zero attached hydrogens (tertiary/aromatic N) is 1. The smallest absolute Gasteiger partial charge is 0.306 e. The number of hydrogen-bond acceptors (Lipinski definition) is 5. The summed E-state index contributed by atoms with van der Waals surface area (Å²) in [7, 11) is -4.64. The van der Waals surface area contributed by atoms with Crippen LogP contribution in [0.2, 0.25) is 0 Å². The van der Waals surface area contributed by atoms with Crippen LogP contribution in [0, 0.1) is 5.92 Å². The Bertz CT molecular complexity index is 436. The molecule has 7 nitrogen and oxygen atoms in total. The van der Waals surface area contributed by atoms with Crippen LogP contribution in [0.15, 0.2) is 0 Å². The Morgan fingerprint density at radius 1 is 1.56 bits per heavy atom. The molecule has 1 rings (SSSR count). The summed E-state index contributed by atoms with van der Waals surface area (Å²) in [5, 5.41) is 17.8. The fourth-order valence-corrected chi connectivity index (χ4v) is 2.73. The van der Waals surface area contributed by atoms with Crippen LogP contribution in [0.5, 0.6) is 0 Å². The summed E-state index contributed by atoms with van der Waals surface area (Å²) in [5.41, 5.74) is 0. The van der Waals surface area contributed by atoms with E-state index in [1.807, 2.05) is 0 Å². The quantitative estimate of drug-likeness (QED) is 0.603. The van der Waals surface area contributed by atoms with Crippen molar-refractivity contribution in [3.63, 3.8) is 0 Å². The number of hydrogen-bond donors (Lipinski definition) is 2. The van der Waals surface area contributed by atoms with Gasteiger partial charge in [-0.3, -0.25) is 9.59 Å². The van der Waals surface area contributed by atoms with Gasteiger partial charge in [-0.05, 0) is 0 Å². The second kappa shape index (κ2) is 5.61. The number of carboxylic acid groups (broad SMARTS) is 1. The van der Waals surface area contributed by atoms with Gasteiger partial charge in [0.2, 0.25) is 5.91 Å². The summed E-state index contributed by atoms with van der Waals surface area (Å²) in [6.07, 6.45) is -1.83. The van der Waals surface area contributed by atoms with Crippen molar-refractivity contribution in [2.45, 2.75) is 18.9 Å². The lowest BCUT2D eigenvalue weighted by molar-refractivity contribution is -0.140. The van der Waals surface area contributed by atoms with Crippen LogP contribution in [0.4, 0.5) is 3.89 Å². The predicted molar refractivity (Wildman–Crippen MR) is 57.8 cm³/mol. The minimum Gasteiger partial charge on any atom is -0.481 e. The van der Waals surface area contributed by atoms with E-state index >= 15 is 0 Å². The molecule has 1 heterocycles. The maximum Gasteiger partial charge on any atom is 0.306 e. The number of likely N-dealkylation sites (tertiary alicyclic amines) is 1. The molecule has 2 unspecified atom stereocenters. The Balaban J connectivity index is 2.50. The molecule has 1 saturated heterocycles. The van der Waals surface area contributed by atoms with E-state index in [0.29, 0.717) is 0 Å². The van der Waals surface area contributed by atoms with Crippen LogP contribution in [-0.2, 0) is 19.8 Å². The SMILES string of the molecule is O=C(O)CC(O)CN1CC(CS(=O)(=O)F)CC1=O. The molecule has 0 aromatic carbocycles. The first-order valence-corrected chi connectivity index (χ1v) is 6.82. The minimum atomic E-state index is -4.64. The van der Waals surface area contributed by atoms with Gasteiger partial charge in [-0.2, -0.15) is 8.42 Å². The maximum absolute atomic E-state index is 12.4. The number of β-amino-alcohol motifs (C(OH)–C–C–N with tert-alkyl or cyclic N) is 1. The first kappa shape index (κ1) is 14.8. The second-order valence-electron chi connectivity index (χ2n) is 4.33. The van der Waals surface area contributed by atoms with Gasteiger partial charge in [0.15, 0.2) is 0 Å². The maximum atomic E-state index is 12.4. The van der Waals surface area contributed by atoms with E-state index in [1.165, 1.54) is 0 Å². The van der Waals surface area contributed by atoms with Crippen LogP contribution in [0.3, 0.4) is 0 Å². The fraction of sp³-hybridized carbons (Fsp3) is 0.778. The fourth-order valence-electron chi connectivity index (χ4n) is 1.94. The first-order valence-electron chi connectivity index (χ1n) is 5.27. The second-order valence-corrected chi connectivity index (χ2v) is 5.74. The summed E-state index contributed by atoms with van der Waals surface area (Å²) in [5.74, 6) is -2.99. The average molecular weight is 283 g/mol. The zero-order valence-electron chi connectivity index (χ0n) is 9.45. The molecule has 0 aromatic heterocycles. The van der Waals surface area contributed by atoms with E-state index < -0.39 is 46.3 Å². The largest absolute Gasteiger partial charge is 0.481 e. The number of carbonyl (C=O) groups excluding carboxylic acids is 1. The molecule has 0 aromatic rings. The van der Waals surface area contributed by atoms with Crippen LogP contribution in [0.25, 0.3) is 0 Å². The van der Waals surface area contributed by atoms with Crippen molar-refractivity contribution in [3.8, 4) is 0 Å². The lowest BCUT2D eigenvalue weighted by Crippen LogP contribution is -2.35. The third-order valence-electron chi connectivity index (χ3n) is 2.57. The van der Waals surface area contributed by atoms with Crippen molar-refractivity contribution in [1.29, 1.82) is 0 Å². The molecule has 0 radical (unpaired) electrons. The Morgan fingerprint density at radius 3 is 2.67 bits per heavy atom. The Kier molecular flexibility index (Phi) is 4.63. The predicted octanol–water partition coefficient (Wildman–Crippen LogP) is -1.03. The zero-order chi connectivity index (χ0) is 13.9. The van der Waals surface area contributed by atoms with Gasteiger partial charge in [0, 0.05) is 25.4 Å². The highest BCUT2D eigenvalue weighted by molar-refractivity contribution is 7.86. The zero-order valence-corrected chi connectivity index (χ0v) is 10.3. The molecule has 2 atom stereocenters. The van der Waals surface area contributed by atoms with Crippen molar-refractivity contribution >= 4 is 22.1 Å². The van der Waals surface area contributed by atoms with Gasteiger partial charge in [-0.15, -0.1) is 3.89 Å². The third kappa shape index (κ3) is 4.96. The molecule has 0 aliphatic carbocycles. The Labute approximate surface area is 103 Å². The summed E-state index contributed by atoms with van der Waals surface area (Å²) < 4.78 is 33.3. The van der Waals surface area contributed by atoms with Crippen LogP contribution < -0.4 is 0 Å². The van der Waals surface area contributed by atoms with Gasteiger partial charge in [0.05, 0.1) is 18.3 Å². The molecule has 1 amide bonds. The molecule has 0 bridgehead atoms. The summed E-state index contributed by atoms with van der Waals surface area (Å²) >= 11 is 0. The number of aliphatic hydroxyl groups excluding tert-OH is 1. The van der Waals surface area contributed by atoms with E-state index in [4.69, 9.17) is 5.11 Å². The van der Waals surface area contributed by atoms with Crippen molar-refractivity contribution in [2.75, 3.05) is 18.8 Å². The molecular formula is C9H14FNO6S. The summed E-state index contributed by atoms with van der Waals surface area (Å²) in [6, 6.07) is 0. The summed E-state index contributed by atoms with van der Waals surface area (Å²) in [6.45, 7) is -0.174. The van der Waals surface area contributed by atoms with E-state index in [-0.39, 0.29) is 19.5 Å².